The molecule has 0 atom stereocenters. The van der Waals surface area contributed by atoms with Crippen LogP contribution in [0.25, 0.3) is 0 Å². The van der Waals surface area contributed by atoms with Crippen molar-refractivity contribution in [3.63, 3.8) is 0 Å². The number of nitrogens with one attached hydrogen (secondary N) is 2. The Morgan fingerprint density at radius 1 is 1.22 bits per heavy atom. The molecule has 4 N–H and O–H groups in total. The molecule has 1 saturated carbocycles. The van der Waals surface area contributed by atoms with Gasteiger partial charge in [0.05, 0.1) is 0 Å². The molecule has 1 heterocycles. The van der Waals surface area contributed by atoms with Crippen molar-refractivity contribution in [3.05, 3.63) is 29.8 Å². The number of amides is 4. The van der Waals surface area contributed by atoms with E-state index >= 15 is 0 Å². The third-order valence-corrected chi connectivity index (χ3v) is 4.48. The molecule has 1 aliphatic heterocycles. The van der Waals surface area contributed by atoms with Crippen LogP contribution in [0.4, 0.5) is 10.5 Å². The zero-order valence-corrected chi connectivity index (χ0v) is 12.8. The molecule has 1 saturated heterocycles. The average Bonchev–Trinajstić information content (AvgIpc) is 3.09. The SMILES string of the molecule is NCc1ccc(NC(=O)CN2C(=O)NC3(CCCC3)C2=O)cc1. The molecule has 0 bridgehead atoms. The number of hydrogen-bond donors (Lipinski definition) is 3. The zero-order valence-electron chi connectivity index (χ0n) is 12.8. The predicted octanol–water partition coefficient (Wildman–Crippen LogP) is 0.948. The molecule has 0 radical (unpaired) electrons. The highest BCUT2D eigenvalue weighted by molar-refractivity contribution is 6.10. The molecule has 4 amide bonds. The van der Waals surface area contributed by atoms with Crippen LogP contribution in [0.15, 0.2) is 24.3 Å². The first kappa shape index (κ1) is 15.5. The first-order chi connectivity index (χ1) is 11.0. The van der Waals surface area contributed by atoms with Crippen LogP contribution in [-0.4, -0.2) is 34.8 Å². The van der Waals surface area contributed by atoms with Crippen molar-refractivity contribution >= 4 is 23.5 Å². The van der Waals surface area contributed by atoms with Gasteiger partial charge in [0.15, 0.2) is 0 Å². The molecule has 122 valence electrons. The normalized spacial score (nSPS) is 19.3. The van der Waals surface area contributed by atoms with Gasteiger partial charge in [0.25, 0.3) is 5.91 Å². The highest BCUT2D eigenvalue weighted by Crippen LogP contribution is 2.34. The van der Waals surface area contributed by atoms with Crippen LogP contribution in [0.3, 0.4) is 0 Å². The number of urea groups is 1. The van der Waals surface area contributed by atoms with Crippen molar-refractivity contribution in [2.75, 3.05) is 11.9 Å². The molecular weight excluding hydrogens is 296 g/mol. The minimum Gasteiger partial charge on any atom is -0.326 e. The monoisotopic (exact) mass is 316 g/mol. The highest BCUT2D eigenvalue weighted by atomic mass is 16.2. The van der Waals surface area contributed by atoms with E-state index in [1.54, 1.807) is 12.1 Å². The van der Waals surface area contributed by atoms with E-state index in [0.29, 0.717) is 25.1 Å². The van der Waals surface area contributed by atoms with Crippen LogP contribution < -0.4 is 16.4 Å². The second-order valence-electron chi connectivity index (χ2n) is 6.06. The molecule has 1 aliphatic carbocycles. The van der Waals surface area contributed by atoms with Crippen LogP contribution in [0.2, 0.25) is 0 Å². The zero-order chi connectivity index (χ0) is 16.4. The van der Waals surface area contributed by atoms with E-state index in [4.69, 9.17) is 5.73 Å². The second-order valence-corrected chi connectivity index (χ2v) is 6.06. The number of imide groups is 1. The summed E-state index contributed by atoms with van der Waals surface area (Å²) in [5.74, 6) is -0.683. The Morgan fingerprint density at radius 3 is 2.48 bits per heavy atom. The molecule has 2 aliphatic rings. The van der Waals surface area contributed by atoms with Crippen molar-refractivity contribution in [2.24, 2.45) is 5.73 Å². The standard InChI is InChI=1S/C16H20N4O3/c17-9-11-3-5-12(6-4-11)18-13(21)10-20-14(22)16(19-15(20)23)7-1-2-8-16/h3-6H,1-2,7-10,17H2,(H,18,21)(H,19,23). The number of benzene rings is 1. The molecule has 23 heavy (non-hydrogen) atoms. The summed E-state index contributed by atoms with van der Waals surface area (Å²) in [5, 5.41) is 5.44. The fraction of sp³-hybridized carbons (Fsp3) is 0.438. The van der Waals surface area contributed by atoms with Gasteiger partial charge < -0.3 is 16.4 Å². The third kappa shape index (κ3) is 2.92. The number of nitrogens with two attached hydrogens (primary N) is 1. The summed E-state index contributed by atoms with van der Waals surface area (Å²) in [4.78, 5) is 37.6. The lowest BCUT2D eigenvalue weighted by Crippen LogP contribution is -2.44. The number of anilines is 1. The minimum atomic E-state index is -0.778. The van der Waals surface area contributed by atoms with Gasteiger partial charge in [0, 0.05) is 12.2 Å². The summed E-state index contributed by atoms with van der Waals surface area (Å²) in [6.07, 6.45) is 3.13. The maximum absolute atomic E-state index is 12.5. The molecular formula is C16H20N4O3. The number of nitrogens with zero attached hydrogens (tertiary/aromatic N) is 1. The van der Waals surface area contributed by atoms with Crippen molar-refractivity contribution in [1.29, 1.82) is 0 Å². The van der Waals surface area contributed by atoms with Gasteiger partial charge in [-0.15, -0.1) is 0 Å². The van der Waals surface area contributed by atoms with Gasteiger partial charge in [0.2, 0.25) is 5.91 Å². The summed E-state index contributed by atoms with van der Waals surface area (Å²) >= 11 is 0. The fourth-order valence-corrected chi connectivity index (χ4v) is 3.21. The Balaban J connectivity index is 1.63. The number of hydrogen-bond acceptors (Lipinski definition) is 4. The average molecular weight is 316 g/mol. The highest BCUT2D eigenvalue weighted by Gasteiger charge is 2.52. The van der Waals surface area contributed by atoms with Crippen LogP contribution >= 0.6 is 0 Å². The first-order valence-electron chi connectivity index (χ1n) is 7.77. The Kier molecular flexibility index (Phi) is 4.04. The molecule has 1 aromatic carbocycles. The lowest BCUT2D eigenvalue weighted by molar-refractivity contribution is -0.133. The van der Waals surface area contributed by atoms with Gasteiger partial charge in [-0.05, 0) is 30.5 Å². The molecule has 7 heteroatoms. The quantitative estimate of drug-likeness (QED) is 0.719. The van der Waals surface area contributed by atoms with Crippen LogP contribution in [0, 0.1) is 0 Å². The minimum absolute atomic E-state index is 0.273. The fourth-order valence-electron chi connectivity index (χ4n) is 3.21. The molecule has 1 aromatic rings. The maximum Gasteiger partial charge on any atom is 0.325 e. The third-order valence-electron chi connectivity index (χ3n) is 4.48. The van der Waals surface area contributed by atoms with Crippen molar-refractivity contribution in [1.82, 2.24) is 10.2 Å². The number of carbonyl (C=O) groups excluding carboxylic acids is 3. The number of carbonyl (C=O) groups is 3. The van der Waals surface area contributed by atoms with E-state index in [9.17, 15) is 14.4 Å². The Hall–Kier alpha value is -2.41. The second kappa shape index (κ2) is 6.00. The van der Waals surface area contributed by atoms with Gasteiger partial charge in [-0.1, -0.05) is 25.0 Å². The Bertz CT molecular complexity index is 635. The Morgan fingerprint density at radius 2 is 1.87 bits per heavy atom. The predicted molar refractivity (Wildman–Crippen MR) is 84.4 cm³/mol. The number of rotatable bonds is 4. The largest absolute Gasteiger partial charge is 0.326 e. The smallest absolute Gasteiger partial charge is 0.325 e. The van der Waals surface area contributed by atoms with Crippen LogP contribution in [0.1, 0.15) is 31.2 Å². The van der Waals surface area contributed by atoms with E-state index in [2.05, 4.69) is 10.6 Å². The van der Waals surface area contributed by atoms with E-state index in [-0.39, 0.29) is 12.5 Å². The lowest BCUT2D eigenvalue weighted by atomic mass is 9.98. The molecule has 1 spiro atoms. The van der Waals surface area contributed by atoms with Gasteiger partial charge in [-0.2, -0.15) is 0 Å². The summed E-state index contributed by atoms with van der Waals surface area (Å²) in [5.41, 5.74) is 6.31. The van der Waals surface area contributed by atoms with E-state index in [1.807, 2.05) is 12.1 Å². The van der Waals surface area contributed by atoms with Gasteiger partial charge >= 0.3 is 6.03 Å². The van der Waals surface area contributed by atoms with E-state index < -0.39 is 17.5 Å². The summed E-state index contributed by atoms with van der Waals surface area (Å²) in [7, 11) is 0. The molecule has 2 fully saturated rings. The maximum atomic E-state index is 12.5. The van der Waals surface area contributed by atoms with Gasteiger partial charge in [-0.25, -0.2) is 4.79 Å². The first-order valence-corrected chi connectivity index (χ1v) is 7.77. The van der Waals surface area contributed by atoms with Gasteiger partial charge in [0.1, 0.15) is 12.1 Å². The summed E-state index contributed by atoms with van der Waals surface area (Å²) < 4.78 is 0. The van der Waals surface area contributed by atoms with E-state index in [1.165, 1.54) is 0 Å². The molecule has 7 nitrogen and oxygen atoms in total. The van der Waals surface area contributed by atoms with Crippen molar-refractivity contribution in [3.8, 4) is 0 Å². The van der Waals surface area contributed by atoms with Crippen LogP contribution in [-0.2, 0) is 16.1 Å². The van der Waals surface area contributed by atoms with Crippen molar-refractivity contribution in [2.45, 2.75) is 37.8 Å². The molecule has 0 aromatic heterocycles. The van der Waals surface area contributed by atoms with Crippen LogP contribution in [0.5, 0.6) is 0 Å². The summed E-state index contributed by atoms with van der Waals surface area (Å²) in [6, 6.07) is 6.63. The van der Waals surface area contributed by atoms with E-state index in [0.717, 1.165) is 23.3 Å². The lowest BCUT2D eigenvalue weighted by Gasteiger charge is -2.19. The Labute approximate surface area is 134 Å². The summed E-state index contributed by atoms with van der Waals surface area (Å²) in [6.45, 7) is 0.157. The van der Waals surface area contributed by atoms with Gasteiger partial charge in [-0.3, -0.25) is 14.5 Å². The topological polar surface area (TPSA) is 105 Å². The molecule has 3 rings (SSSR count). The molecule has 0 unspecified atom stereocenters. The van der Waals surface area contributed by atoms with Crippen molar-refractivity contribution < 1.29 is 14.4 Å².